The lowest BCUT2D eigenvalue weighted by Crippen LogP contribution is -2.36. The third-order valence-corrected chi connectivity index (χ3v) is 5.34. The number of phenolic OH excluding ortho intramolecular Hbond substituents is 1. The number of anilines is 1. The van der Waals surface area contributed by atoms with E-state index in [2.05, 4.69) is 15.8 Å². The fourth-order valence-electron chi connectivity index (χ4n) is 2.20. The van der Waals surface area contributed by atoms with Gasteiger partial charge >= 0.3 is 0 Å². The Hall–Kier alpha value is -3.24. The molecule has 0 fully saturated rings. The average Bonchev–Trinajstić information content (AvgIpc) is 2.61. The molecule has 3 N–H and O–H groups in total. The largest absolute Gasteiger partial charge is 0.508 e. The number of carbonyl (C=O) groups is 2. The highest BCUT2D eigenvalue weighted by molar-refractivity contribution is 7.89. The Morgan fingerprint density at radius 1 is 1.18 bits per heavy atom. The molecule has 2 aromatic carbocycles. The van der Waals surface area contributed by atoms with Gasteiger partial charge in [0.05, 0.1) is 17.7 Å². The molecule has 0 unspecified atom stereocenters. The van der Waals surface area contributed by atoms with Gasteiger partial charge in [-0.15, -0.1) is 0 Å². The summed E-state index contributed by atoms with van der Waals surface area (Å²) in [6.07, 6.45) is 1.33. The number of amides is 2. The molecule has 0 bridgehead atoms. The van der Waals surface area contributed by atoms with Gasteiger partial charge in [0.1, 0.15) is 5.75 Å². The zero-order chi connectivity index (χ0) is 20.7. The van der Waals surface area contributed by atoms with E-state index in [0.29, 0.717) is 11.3 Å². The molecule has 2 aromatic rings. The first-order valence-electron chi connectivity index (χ1n) is 8.13. The molecule has 9 nitrogen and oxygen atoms in total. The van der Waals surface area contributed by atoms with Gasteiger partial charge in [-0.05, 0) is 42.0 Å². The summed E-state index contributed by atoms with van der Waals surface area (Å²) in [4.78, 5) is 22.9. The van der Waals surface area contributed by atoms with Crippen LogP contribution in [0.4, 0.5) is 5.69 Å². The lowest BCUT2D eigenvalue weighted by atomic mass is 10.2. The highest BCUT2D eigenvalue weighted by Gasteiger charge is 2.22. The molecule has 0 aliphatic carbocycles. The molecule has 0 saturated carbocycles. The number of hydrazone groups is 1. The second-order valence-corrected chi connectivity index (χ2v) is 7.90. The van der Waals surface area contributed by atoms with Crippen molar-refractivity contribution in [3.63, 3.8) is 0 Å². The number of nitrogens with one attached hydrogen (secondary N) is 2. The van der Waals surface area contributed by atoms with Crippen molar-refractivity contribution in [2.24, 2.45) is 5.10 Å². The van der Waals surface area contributed by atoms with Crippen molar-refractivity contribution < 1.29 is 23.1 Å². The average molecular weight is 404 g/mol. The second-order valence-electron chi connectivity index (χ2n) is 5.85. The van der Waals surface area contributed by atoms with Gasteiger partial charge < -0.3 is 10.4 Å². The standard InChI is InChI=1S/C18H20N4O5S/c1-13(23)20-15-6-8-17(9-7-15)28(26,27)22(2)12-18(25)21-19-11-14-4-3-5-16(24)10-14/h3-11,24H,12H2,1-2H3,(H,20,23)(H,21,25)/b19-11+. The number of likely N-dealkylation sites (N-methyl/N-ethyl adjacent to an activating group) is 1. The molecule has 0 spiro atoms. The third-order valence-electron chi connectivity index (χ3n) is 3.52. The number of hydrogen-bond donors (Lipinski definition) is 3. The summed E-state index contributed by atoms with van der Waals surface area (Å²) in [5.41, 5.74) is 3.27. The minimum Gasteiger partial charge on any atom is -0.508 e. The molecule has 2 amide bonds. The monoisotopic (exact) mass is 404 g/mol. The Balaban J connectivity index is 1.97. The van der Waals surface area contributed by atoms with E-state index >= 15 is 0 Å². The molecule has 10 heteroatoms. The molecule has 0 atom stereocenters. The molecular weight excluding hydrogens is 384 g/mol. The molecular formula is C18H20N4O5S. The van der Waals surface area contributed by atoms with Crippen LogP contribution in [0.1, 0.15) is 12.5 Å². The Kier molecular flexibility index (Phi) is 6.85. The van der Waals surface area contributed by atoms with E-state index < -0.39 is 22.5 Å². The number of rotatable bonds is 7. The van der Waals surface area contributed by atoms with Crippen molar-refractivity contribution in [1.82, 2.24) is 9.73 Å². The summed E-state index contributed by atoms with van der Waals surface area (Å²) in [6, 6.07) is 11.9. The van der Waals surface area contributed by atoms with Gasteiger partial charge in [-0.2, -0.15) is 9.41 Å². The number of benzene rings is 2. The van der Waals surface area contributed by atoms with Crippen LogP contribution in [0.2, 0.25) is 0 Å². The maximum absolute atomic E-state index is 12.5. The van der Waals surface area contributed by atoms with Crippen LogP contribution in [0.5, 0.6) is 5.75 Å². The molecule has 28 heavy (non-hydrogen) atoms. The van der Waals surface area contributed by atoms with Gasteiger partial charge in [0.25, 0.3) is 5.91 Å². The highest BCUT2D eigenvalue weighted by atomic mass is 32.2. The molecule has 0 heterocycles. The van der Waals surface area contributed by atoms with Crippen LogP contribution in [-0.2, 0) is 19.6 Å². The van der Waals surface area contributed by atoms with E-state index in [1.165, 1.54) is 56.6 Å². The van der Waals surface area contributed by atoms with Crippen LogP contribution in [0.15, 0.2) is 58.5 Å². The summed E-state index contributed by atoms with van der Waals surface area (Å²) in [5.74, 6) is -0.835. The van der Waals surface area contributed by atoms with Crippen molar-refractivity contribution in [1.29, 1.82) is 0 Å². The van der Waals surface area contributed by atoms with E-state index in [4.69, 9.17) is 0 Å². The number of aromatic hydroxyl groups is 1. The zero-order valence-electron chi connectivity index (χ0n) is 15.3. The molecule has 2 rings (SSSR count). The highest BCUT2D eigenvalue weighted by Crippen LogP contribution is 2.17. The zero-order valence-corrected chi connectivity index (χ0v) is 16.1. The fraction of sp³-hybridized carbons (Fsp3) is 0.167. The Labute approximate surface area is 162 Å². The Morgan fingerprint density at radius 2 is 1.86 bits per heavy atom. The Morgan fingerprint density at radius 3 is 2.46 bits per heavy atom. The van der Waals surface area contributed by atoms with Crippen molar-refractivity contribution in [3.05, 3.63) is 54.1 Å². The quantitative estimate of drug-likeness (QED) is 0.471. The van der Waals surface area contributed by atoms with Crippen LogP contribution < -0.4 is 10.7 Å². The van der Waals surface area contributed by atoms with Crippen LogP contribution in [0.3, 0.4) is 0 Å². The summed E-state index contributed by atoms with van der Waals surface area (Å²) in [5, 5.41) is 15.6. The number of sulfonamides is 1. The van der Waals surface area contributed by atoms with Gasteiger partial charge in [-0.1, -0.05) is 12.1 Å². The van der Waals surface area contributed by atoms with Gasteiger partial charge in [-0.25, -0.2) is 13.8 Å². The van der Waals surface area contributed by atoms with Crippen LogP contribution >= 0.6 is 0 Å². The van der Waals surface area contributed by atoms with Crippen molar-refractivity contribution in [3.8, 4) is 5.75 Å². The molecule has 0 aliphatic heterocycles. The summed E-state index contributed by atoms with van der Waals surface area (Å²) >= 11 is 0. The molecule has 148 valence electrons. The van der Waals surface area contributed by atoms with Crippen LogP contribution in [-0.4, -0.2) is 49.5 Å². The molecule has 0 saturated heterocycles. The van der Waals surface area contributed by atoms with Crippen LogP contribution in [0.25, 0.3) is 0 Å². The van der Waals surface area contributed by atoms with Crippen molar-refractivity contribution in [2.45, 2.75) is 11.8 Å². The van der Waals surface area contributed by atoms with Crippen LogP contribution in [0, 0.1) is 0 Å². The van der Waals surface area contributed by atoms with Gasteiger partial charge in [-0.3, -0.25) is 9.59 Å². The SMILES string of the molecule is CC(=O)Nc1ccc(S(=O)(=O)N(C)CC(=O)N/N=C/c2cccc(O)c2)cc1. The maximum Gasteiger partial charge on any atom is 0.255 e. The normalized spacial score (nSPS) is 11.5. The first-order valence-corrected chi connectivity index (χ1v) is 9.57. The van der Waals surface area contributed by atoms with E-state index in [0.717, 1.165) is 4.31 Å². The van der Waals surface area contributed by atoms with E-state index in [1.54, 1.807) is 12.1 Å². The molecule has 0 aromatic heterocycles. The molecule has 0 aliphatic rings. The first-order chi connectivity index (χ1) is 13.2. The maximum atomic E-state index is 12.5. The fourth-order valence-corrected chi connectivity index (χ4v) is 3.33. The lowest BCUT2D eigenvalue weighted by molar-refractivity contribution is -0.121. The van der Waals surface area contributed by atoms with Gasteiger partial charge in [0, 0.05) is 19.7 Å². The second kappa shape index (κ2) is 9.11. The lowest BCUT2D eigenvalue weighted by Gasteiger charge is -2.16. The topological polar surface area (TPSA) is 128 Å². The molecule has 0 radical (unpaired) electrons. The van der Waals surface area contributed by atoms with Crippen molar-refractivity contribution >= 4 is 33.7 Å². The Bertz CT molecular complexity index is 987. The third kappa shape index (κ3) is 5.89. The van der Waals surface area contributed by atoms with E-state index in [-0.39, 0.29) is 16.6 Å². The predicted molar refractivity (Wildman–Crippen MR) is 104 cm³/mol. The van der Waals surface area contributed by atoms with Crippen molar-refractivity contribution in [2.75, 3.05) is 18.9 Å². The first kappa shape index (κ1) is 21.1. The summed E-state index contributed by atoms with van der Waals surface area (Å²) in [7, 11) is -2.61. The van der Waals surface area contributed by atoms with Gasteiger partial charge in [0.15, 0.2) is 0 Å². The minimum absolute atomic E-state index is 0.0137. The predicted octanol–water partition coefficient (Wildman–Crippen LogP) is 1.12. The number of phenols is 1. The number of nitrogens with zero attached hydrogens (tertiary/aromatic N) is 2. The van der Waals surface area contributed by atoms with E-state index in [9.17, 15) is 23.1 Å². The number of carbonyl (C=O) groups excluding carboxylic acids is 2. The van der Waals surface area contributed by atoms with Gasteiger partial charge in [0.2, 0.25) is 15.9 Å². The number of hydrogen-bond acceptors (Lipinski definition) is 6. The summed E-state index contributed by atoms with van der Waals surface area (Å²) < 4.78 is 25.9. The minimum atomic E-state index is -3.89. The van der Waals surface area contributed by atoms with E-state index in [1.807, 2.05) is 0 Å². The smallest absolute Gasteiger partial charge is 0.255 e. The summed E-state index contributed by atoms with van der Waals surface area (Å²) in [6.45, 7) is 0.910.